The van der Waals surface area contributed by atoms with Gasteiger partial charge in [0.25, 0.3) is 5.91 Å². The van der Waals surface area contributed by atoms with Crippen LogP contribution in [0.5, 0.6) is 0 Å². The van der Waals surface area contributed by atoms with Crippen molar-refractivity contribution in [1.82, 2.24) is 10.5 Å². The van der Waals surface area contributed by atoms with E-state index < -0.39 is 12.1 Å². The molecule has 2 atom stereocenters. The molecule has 24 heavy (non-hydrogen) atoms. The summed E-state index contributed by atoms with van der Waals surface area (Å²) in [5.41, 5.74) is 1.80. The monoisotopic (exact) mass is 330 g/mol. The Labute approximate surface area is 141 Å². The lowest BCUT2D eigenvalue weighted by Crippen LogP contribution is -2.41. The number of hydrogen-bond acceptors (Lipinski definition) is 5. The second-order valence-corrected chi connectivity index (χ2v) is 5.81. The molecule has 0 unspecified atom stereocenters. The highest BCUT2D eigenvalue weighted by molar-refractivity contribution is 5.90. The number of esters is 1. The smallest absolute Gasteiger partial charge is 0.377 e. The molecule has 0 radical (unpaired) electrons. The van der Waals surface area contributed by atoms with Crippen LogP contribution in [0.4, 0.5) is 0 Å². The molecule has 6 nitrogen and oxygen atoms in total. The molecule has 2 rings (SSSR count). The minimum Gasteiger partial charge on any atom is -0.447 e. The molecule has 128 valence electrons. The summed E-state index contributed by atoms with van der Waals surface area (Å²) in [5.74, 6) is -1.04. The summed E-state index contributed by atoms with van der Waals surface area (Å²) in [6.45, 7) is 5.15. The third-order valence-corrected chi connectivity index (χ3v) is 3.58. The second kappa shape index (κ2) is 8.29. The van der Waals surface area contributed by atoms with Crippen molar-refractivity contribution in [3.63, 3.8) is 0 Å². The van der Waals surface area contributed by atoms with Crippen molar-refractivity contribution < 1.29 is 18.8 Å². The number of aromatic nitrogens is 1. The topological polar surface area (TPSA) is 81.4 Å². The lowest BCUT2D eigenvalue weighted by molar-refractivity contribution is -0.129. The average Bonchev–Trinajstić information content (AvgIpc) is 3.00. The molecule has 1 heterocycles. The number of nitrogens with one attached hydrogen (secondary N) is 1. The van der Waals surface area contributed by atoms with E-state index in [1.807, 2.05) is 25.1 Å². The Morgan fingerprint density at radius 2 is 1.96 bits per heavy atom. The van der Waals surface area contributed by atoms with Crippen LogP contribution in [0.3, 0.4) is 0 Å². The summed E-state index contributed by atoms with van der Waals surface area (Å²) < 4.78 is 9.91. The molecular formula is C18H22N2O4. The van der Waals surface area contributed by atoms with E-state index in [1.165, 1.54) is 18.6 Å². The van der Waals surface area contributed by atoms with Crippen LogP contribution in [0.15, 0.2) is 40.9 Å². The van der Waals surface area contributed by atoms with Gasteiger partial charge in [-0.25, -0.2) is 4.79 Å². The highest BCUT2D eigenvalue weighted by Gasteiger charge is 2.22. The zero-order chi connectivity index (χ0) is 17.5. The van der Waals surface area contributed by atoms with E-state index in [0.29, 0.717) is 5.69 Å². The van der Waals surface area contributed by atoms with Gasteiger partial charge in [0.1, 0.15) is 0 Å². The molecule has 0 fully saturated rings. The minimum atomic E-state index is -0.901. The Morgan fingerprint density at radius 1 is 1.25 bits per heavy atom. The number of carbonyl (C=O) groups is 2. The number of rotatable bonds is 7. The van der Waals surface area contributed by atoms with E-state index in [0.717, 1.165) is 12.8 Å². The normalized spacial score (nSPS) is 13.1. The number of aryl methyl sites for hydroxylation is 2. The molecule has 1 N–H and O–H groups in total. The molecule has 1 amide bonds. The second-order valence-electron chi connectivity index (χ2n) is 5.81. The number of hydrogen-bond donors (Lipinski definition) is 1. The van der Waals surface area contributed by atoms with Crippen molar-refractivity contribution >= 4 is 11.9 Å². The van der Waals surface area contributed by atoms with E-state index in [9.17, 15) is 9.59 Å². The Hall–Kier alpha value is -2.63. The average molecular weight is 330 g/mol. The first-order chi connectivity index (χ1) is 11.5. The number of benzene rings is 1. The van der Waals surface area contributed by atoms with Crippen LogP contribution in [-0.2, 0) is 16.0 Å². The fourth-order valence-corrected chi connectivity index (χ4v) is 2.19. The van der Waals surface area contributed by atoms with Crippen molar-refractivity contribution in [2.75, 3.05) is 0 Å². The molecule has 0 saturated heterocycles. The lowest BCUT2D eigenvalue weighted by Gasteiger charge is -2.17. The van der Waals surface area contributed by atoms with Crippen molar-refractivity contribution in [2.45, 2.75) is 45.8 Å². The zero-order valence-corrected chi connectivity index (χ0v) is 14.1. The van der Waals surface area contributed by atoms with E-state index in [-0.39, 0.29) is 17.7 Å². The summed E-state index contributed by atoms with van der Waals surface area (Å²) in [6.07, 6.45) is 0.771. The van der Waals surface area contributed by atoms with E-state index >= 15 is 0 Å². The van der Waals surface area contributed by atoms with Crippen LogP contribution >= 0.6 is 0 Å². The molecule has 0 spiro atoms. The van der Waals surface area contributed by atoms with Crippen molar-refractivity contribution in [3.05, 3.63) is 53.4 Å². The molecule has 1 aromatic heterocycles. The predicted octanol–water partition coefficient (Wildman–Crippen LogP) is 2.67. The SMILES string of the molecule is Cc1cc(C(=O)O[C@@H](C)C(=O)N[C@H](C)CCc2ccccc2)on1. The van der Waals surface area contributed by atoms with Gasteiger partial charge in [-0.3, -0.25) is 4.79 Å². The van der Waals surface area contributed by atoms with Gasteiger partial charge in [0.2, 0.25) is 5.76 Å². The van der Waals surface area contributed by atoms with Gasteiger partial charge in [-0.15, -0.1) is 0 Å². The maximum absolute atomic E-state index is 12.1. The number of ether oxygens (including phenoxy) is 1. The highest BCUT2D eigenvalue weighted by atomic mass is 16.6. The first-order valence-electron chi connectivity index (χ1n) is 7.94. The fourth-order valence-electron chi connectivity index (χ4n) is 2.19. The Morgan fingerprint density at radius 3 is 2.58 bits per heavy atom. The maximum atomic E-state index is 12.1. The van der Waals surface area contributed by atoms with Crippen LogP contribution in [0.25, 0.3) is 0 Å². The zero-order valence-electron chi connectivity index (χ0n) is 14.1. The summed E-state index contributed by atoms with van der Waals surface area (Å²) in [7, 11) is 0. The minimum absolute atomic E-state index is 0.00993. The van der Waals surface area contributed by atoms with E-state index in [2.05, 4.69) is 22.6 Å². The van der Waals surface area contributed by atoms with Crippen LogP contribution in [-0.4, -0.2) is 29.2 Å². The van der Waals surface area contributed by atoms with Gasteiger partial charge in [-0.05, 0) is 39.2 Å². The van der Waals surface area contributed by atoms with Gasteiger partial charge in [-0.1, -0.05) is 35.5 Å². The molecule has 0 aliphatic rings. The fraction of sp³-hybridized carbons (Fsp3) is 0.389. The third kappa shape index (κ3) is 5.22. The quantitative estimate of drug-likeness (QED) is 0.789. The molecule has 0 saturated carbocycles. The Kier molecular flexibility index (Phi) is 6.12. The van der Waals surface area contributed by atoms with Crippen molar-refractivity contribution in [2.24, 2.45) is 0 Å². The van der Waals surface area contributed by atoms with Crippen molar-refractivity contribution in [1.29, 1.82) is 0 Å². The Bertz CT molecular complexity index is 681. The van der Waals surface area contributed by atoms with Crippen LogP contribution < -0.4 is 5.32 Å². The van der Waals surface area contributed by atoms with Gasteiger partial charge < -0.3 is 14.6 Å². The van der Waals surface area contributed by atoms with Crippen molar-refractivity contribution in [3.8, 4) is 0 Å². The molecule has 2 aromatic rings. The largest absolute Gasteiger partial charge is 0.447 e. The molecule has 0 bridgehead atoms. The number of carbonyl (C=O) groups excluding carboxylic acids is 2. The summed E-state index contributed by atoms with van der Waals surface area (Å²) in [4.78, 5) is 23.9. The number of nitrogens with zero attached hydrogens (tertiary/aromatic N) is 1. The molecule has 1 aromatic carbocycles. The lowest BCUT2D eigenvalue weighted by atomic mass is 10.1. The van der Waals surface area contributed by atoms with Gasteiger partial charge >= 0.3 is 5.97 Å². The standard InChI is InChI=1S/C18H22N2O4/c1-12(9-10-15-7-5-4-6-8-15)19-17(21)14(3)23-18(22)16-11-13(2)20-24-16/h4-8,11-12,14H,9-10H2,1-3H3,(H,19,21)/t12-,14+/m1/s1. The third-order valence-electron chi connectivity index (χ3n) is 3.58. The maximum Gasteiger partial charge on any atom is 0.377 e. The highest BCUT2D eigenvalue weighted by Crippen LogP contribution is 2.08. The van der Waals surface area contributed by atoms with Gasteiger partial charge in [0, 0.05) is 12.1 Å². The summed E-state index contributed by atoms with van der Waals surface area (Å²) in [6, 6.07) is 11.5. The summed E-state index contributed by atoms with van der Waals surface area (Å²) >= 11 is 0. The van der Waals surface area contributed by atoms with Crippen LogP contribution in [0, 0.1) is 6.92 Å². The van der Waals surface area contributed by atoms with Gasteiger partial charge in [-0.2, -0.15) is 0 Å². The predicted molar refractivity (Wildman–Crippen MR) is 88.5 cm³/mol. The molecular weight excluding hydrogens is 308 g/mol. The first kappa shape index (κ1) is 17.7. The van der Waals surface area contributed by atoms with Gasteiger partial charge in [0.05, 0.1) is 5.69 Å². The van der Waals surface area contributed by atoms with Gasteiger partial charge in [0.15, 0.2) is 6.10 Å². The molecule has 0 aliphatic carbocycles. The molecule has 0 aliphatic heterocycles. The summed E-state index contributed by atoms with van der Waals surface area (Å²) in [5, 5.41) is 6.46. The Balaban J connectivity index is 1.77. The van der Waals surface area contributed by atoms with Crippen LogP contribution in [0.2, 0.25) is 0 Å². The van der Waals surface area contributed by atoms with E-state index in [4.69, 9.17) is 9.26 Å². The van der Waals surface area contributed by atoms with E-state index in [1.54, 1.807) is 6.92 Å². The number of amides is 1. The first-order valence-corrected chi connectivity index (χ1v) is 7.94. The molecule has 6 heteroatoms. The van der Waals surface area contributed by atoms with Crippen LogP contribution in [0.1, 0.15) is 42.1 Å².